The number of aliphatic hydroxyl groups excluding tert-OH is 2. The number of carbonyl (C=O) groups is 1. The molecule has 4 aliphatic heterocycles. The van der Waals surface area contributed by atoms with Crippen LogP contribution in [0.5, 0.6) is 0 Å². The summed E-state index contributed by atoms with van der Waals surface area (Å²) >= 11 is 0. The van der Waals surface area contributed by atoms with Crippen LogP contribution in [0, 0.1) is 11.3 Å². The number of aliphatic hydroxyl groups is 2. The van der Waals surface area contributed by atoms with Crippen molar-refractivity contribution in [3.05, 3.63) is 12.2 Å². The smallest absolute Gasteiger partial charge is 0.256 e. The van der Waals surface area contributed by atoms with Crippen LogP contribution in [0.3, 0.4) is 0 Å². The SMILES string of the molecule is C=C1C[C@](OC)([C@H](O)C(=O)N[C@H]2OCO[C@H]3[C@@H]2O[C@H](C[C@H]2CCCC(O)O2)C(C)(C)[C@@H]3OC)O[C@H](C)[C@@H]1C. The van der Waals surface area contributed by atoms with Gasteiger partial charge in [-0.3, -0.25) is 4.79 Å². The molecular formula is C27H45NO10. The highest BCUT2D eigenvalue weighted by Gasteiger charge is 2.57. The average molecular weight is 544 g/mol. The first-order valence-corrected chi connectivity index (χ1v) is 13.6. The maximum atomic E-state index is 13.4. The van der Waals surface area contributed by atoms with Crippen molar-refractivity contribution in [1.82, 2.24) is 5.32 Å². The fraction of sp³-hybridized carbons (Fsp3) is 0.889. The van der Waals surface area contributed by atoms with E-state index in [2.05, 4.69) is 25.7 Å². The summed E-state index contributed by atoms with van der Waals surface area (Å²) in [6.45, 7) is 12.0. The predicted molar refractivity (Wildman–Crippen MR) is 135 cm³/mol. The summed E-state index contributed by atoms with van der Waals surface area (Å²) in [7, 11) is 3.03. The van der Waals surface area contributed by atoms with E-state index in [4.69, 9.17) is 33.2 Å². The van der Waals surface area contributed by atoms with E-state index in [9.17, 15) is 15.0 Å². The van der Waals surface area contributed by atoms with E-state index >= 15 is 0 Å². The van der Waals surface area contributed by atoms with Gasteiger partial charge >= 0.3 is 0 Å². The standard InChI is InChI=1S/C27H45NO10/c1-14-12-27(33-7,38-16(3)15(14)2)22(30)24(31)28-25-21-20(34-13-35-25)23(32-6)26(4,5)18(37-21)11-17-9-8-10-19(29)36-17/h15-23,25,29-30H,1,8-13H2,2-7H3,(H,28,31)/t15-,16-,17-,18-,19?,20+,21+,22-,23-,25+,27-/m1/s1. The molecule has 4 saturated heterocycles. The largest absolute Gasteiger partial charge is 0.378 e. The van der Waals surface area contributed by atoms with Gasteiger partial charge in [-0.1, -0.05) is 32.9 Å². The molecule has 0 radical (unpaired) electrons. The second-order valence-electron chi connectivity index (χ2n) is 11.7. The van der Waals surface area contributed by atoms with E-state index < -0.39 is 47.9 Å². The minimum atomic E-state index is -1.64. The molecule has 4 heterocycles. The van der Waals surface area contributed by atoms with Crippen molar-refractivity contribution in [1.29, 1.82) is 0 Å². The Kier molecular flexibility index (Phi) is 9.23. The van der Waals surface area contributed by atoms with Crippen LogP contribution < -0.4 is 5.32 Å². The Morgan fingerprint density at radius 2 is 1.92 bits per heavy atom. The highest BCUT2D eigenvalue weighted by Crippen LogP contribution is 2.44. The minimum absolute atomic E-state index is 0.0595. The number of hydrogen-bond donors (Lipinski definition) is 3. The number of rotatable bonds is 7. The van der Waals surface area contributed by atoms with Crippen LogP contribution in [0.1, 0.15) is 59.8 Å². The van der Waals surface area contributed by atoms with Gasteiger partial charge in [-0.2, -0.15) is 0 Å². The molecule has 0 saturated carbocycles. The zero-order valence-electron chi connectivity index (χ0n) is 23.4. The van der Waals surface area contributed by atoms with Crippen molar-refractivity contribution in [2.45, 2.75) is 121 Å². The molecule has 11 atom stereocenters. The van der Waals surface area contributed by atoms with Crippen molar-refractivity contribution in [2.75, 3.05) is 21.0 Å². The van der Waals surface area contributed by atoms with E-state index in [-0.39, 0.29) is 43.5 Å². The molecule has 218 valence electrons. The third-order valence-electron chi connectivity index (χ3n) is 8.87. The first-order valence-electron chi connectivity index (χ1n) is 13.6. The maximum absolute atomic E-state index is 13.4. The van der Waals surface area contributed by atoms with E-state index in [1.54, 1.807) is 7.11 Å². The molecule has 11 heteroatoms. The second kappa shape index (κ2) is 11.8. The fourth-order valence-electron chi connectivity index (χ4n) is 6.22. The lowest BCUT2D eigenvalue weighted by Gasteiger charge is -2.54. The zero-order valence-corrected chi connectivity index (χ0v) is 23.4. The van der Waals surface area contributed by atoms with Gasteiger partial charge < -0.3 is 48.7 Å². The molecule has 4 fully saturated rings. The van der Waals surface area contributed by atoms with E-state index in [0.29, 0.717) is 12.8 Å². The molecule has 4 rings (SSSR count). The van der Waals surface area contributed by atoms with Crippen LogP contribution >= 0.6 is 0 Å². The third kappa shape index (κ3) is 5.68. The number of ether oxygens (including phenoxy) is 7. The van der Waals surface area contributed by atoms with Gasteiger partial charge in [0.2, 0.25) is 5.79 Å². The van der Waals surface area contributed by atoms with Crippen LogP contribution in [-0.2, 0) is 38.0 Å². The lowest BCUT2D eigenvalue weighted by Crippen LogP contribution is -2.69. The molecule has 4 aliphatic rings. The fourth-order valence-corrected chi connectivity index (χ4v) is 6.22. The quantitative estimate of drug-likeness (QED) is 0.407. The lowest BCUT2D eigenvalue weighted by molar-refractivity contribution is -0.334. The van der Waals surface area contributed by atoms with Crippen molar-refractivity contribution in [3.63, 3.8) is 0 Å². The summed E-state index contributed by atoms with van der Waals surface area (Å²) in [6, 6.07) is 0. The molecule has 0 aromatic heterocycles. The summed E-state index contributed by atoms with van der Waals surface area (Å²) in [5.74, 6) is -2.22. The van der Waals surface area contributed by atoms with Gasteiger partial charge in [-0.15, -0.1) is 0 Å². The van der Waals surface area contributed by atoms with Gasteiger partial charge in [0.05, 0.1) is 24.4 Å². The molecule has 11 nitrogen and oxygen atoms in total. The van der Waals surface area contributed by atoms with Crippen LogP contribution in [-0.4, -0.2) is 98.2 Å². The number of amides is 1. The van der Waals surface area contributed by atoms with Crippen molar-refractivity contribution < 1.29 is 48.2 Å². The van der Waals surface area contributed by atoms with Gasteiger partial charge in [0, 0.05) is 38.4 Å². The van der Waals surface area contributed by atoms with Gasteiger partial charge in [0.25, 0.3) is 5.91 Å². The molecule has 0 aromatic rings. The van der Waals surface area contributed by atoms with E-state index in [1.807, 2.05) is 13.8 Å². The Labute approximate surface area is 225 Å². The first-order chi connectivity index (χ1) is 17.9. The van der Waals surface area contributed by atoms with Gasteiger partial charge in [-0.05, 0) is 26.2 Å². The molecule has 0 spiro atoms. The predicted octanol–water partition coefficient (Wildman–Crippen LogP) is 1.59. The summed E-state index contributed by atoms with van der Waals surface area (Å²) < 4.78 is 41.5. The minimum Gasteiger partial charge on any atom is -0.378 e. The van der Waals surface area contributed by atoms with Crippen molar-refractivity contribution >= 4 is 5.91 Å². The molecular weight excluding hydrogens is 498 g/mol. The molecule has 38 heavy (non-hydrogen) atoms. The molecule has 1 unspecified atom stereocenters. The number of carbonyl (C=O) groups excluding carboxylic acids is 1. The van der Waals surface area contributed by atoms with Gasteiger partial charge in [0.1, 0.15) is 19.0 Å². The highest BCUT2D eigenvalue weighted by molar-refractivity contribution is 5.82. The number of hydrogen-bond acceptors (Lipinski definition) is 10. The Bertz CT molecular complexity index is 854. The van der Waals surface area contributed by atoms with Gasteiger partial charge in [-0.25, -0.2) is 0 Å². The summed E-state index contributed by atoms with van der Waals surface area (Å²) in [5, 5.41) is 23.9. The van der Waals surface area contributed by atoms with Gasteiger partial charge in [0.15, 0.2) is 18.6 Å². The molecule has 0 aliphatic carbocycles. The van der Waals surface area contributed by atoms with Crippen LogP contribution in [0.2, 0.25) is 0 Å². The number of methoxy groups -OCH3 is 2. The zero-order chi connectivity index (χ0) is 27.8. The van der Waals surface area contributed by atoms with Crippen LogP contribution in [0.15, 0.2) is 12.2 Å². The lowest BCUT2D eigenvalue weighted by atomic mass is 9.72. The van der Waals surface area contributed by atoms with Crippen molar-refractivity contribution in [2.24, 2.45) is 11.3 Å². The average Bonchev–Trinajstić information content (AvgIpc) is 2.87. The van der Waals surface area contributed by atoms with Crippen LogP contribution in [0.4, 0.5) is 0 Å². The number of nitrogens with one attached hydrogen (secondary N) is 1. The van der Waals surface area contributed by atoms with E-state index in [1.165, 1.54) is 7.11 Å². The Morgan fingerprint density at radius 1 is 1.18 bits per heavy atom. The van der Waals surface area contributed by atoms with Crippen LogP contribution in [0.25, 0.3) is 0 Å². The molecule has 0 aromatic carbocycles. The monoisotopic (exact) mass is 543 g/mol. The molecule has 0 bridgehead atoms. The Hall–Kier alpha value is -1.15. The number of fused-ring (bicyclic) bond motifs is 1. The summed E-state index contributed by atoms with van der Waals surface area (Å²) in [4.78, 5) is 13.4. The Morgan fingerprint density at radius 3 is 2.55 bits per heavy atom. The molecule has 1 amide bonds. The summed E-state index contributed by atoms with van der Waals surface area (Å²) in [5.41, 5.74) is 0.370. The highest BCUT2D eigenvalue weighted by atomic mass is 16.7. The second-order valence-corrected chi connectivity index (χ2v) is 11.7. The van der Waals surface area contributed by atoms with E-state index in [0.717, 1.165) is 18.4 Å². The van der Waals surface area contributed by atoms with Crippen molar-refractivity contribution in [3.8, 4) is 0 Å². The maximum Gasteiger partial charge on any atom is 0.256 e. The third-order valence-corrected chi connectivity index (χ3v) is 8.87. The Balaban J connectivity index is 1.50. The topological polar surface area (TPSA) is 134 Å². The summed E-state index contributed by atoms with van der Waals surface area (Å²) in [6.07, 6.45) is -2.72. The normalized spacial score (nSPS) is 44.2. The first kappa shape index (κ1) is 29.8. The molecule has 3 N–H and O–H groups in total.